The highest BCUT2D eigenvalue weighted by Crippen LogP contribution is 2.69. The SMILES string of the molecule is C=C1CCCC2[C@@]1(C)[C@@H](OC(=O)c1ccccc1)[C@H](O)[C@]1(C)O[C@]3(COC(=O)C3)C[C@H](OC(=O)c3ccccc3)[C@]21C. The average Bonchev–Trinajstić information content (AvgIpc) is 3.34. The van der Waals surface area contributed by atoms with Crippen molar-refractivity contribution in [1.82, 2.24) is 0 Å². The van der Waals surface area contributed by atoms with Gasteiger partial charge in [0.15, 0.2) is 0 Å². The average molecular weight is 575 g/mol. The van der Waals surface area contributed by atoms with Crippen molar-refractivity contribution in [3.63, 3.8) is 0 Å². The molecule has 1 N–H and O–H groups in total. The third-order valence-electron chi connectivity index (χ3n) is 10.8. The first-order valence-electron chi connectivity index (χ1n) is 14.7. The molecule has 2 saturated carbocycles. The summed E-state index contributed by atoms with van der Waals surface area (Å²) in [6.45, 7) is 10.2. The molecule has 222 valence electrons. The predicted octanol–water partition coefficient (Wildman–Crippen LogP) is 5.05. The van der Waals surface area contributed by atoms with Gasteiger partial charge in [0.1, 0.15) is 36.1 Å². The standard InChI is InChI=1S/C34H38O8/c1-21-12-11-17-24-31(21,2)28(41-30(38)23-15-9-6-10-16-23)27(36)33(4)32(24,3)25(18-34(42-33)19-26(35)39-20-34)40-29(37)22-13-7-5-8-14-22/h5-10,13-16,24-25,27-28,36H,1,11-12,17-20H2,2-4H3/t24?,25-,27-,28-,31-,32-,33-,34+/m0/s1. The molecular formula is C34H38O8. The monoisotopic (exact) mass is 574 g/mol. The second-order valence-electron chi connectivity index (χ2n) is 12.9. The topological polar surface area (TPSA) is 108 Å². The van der Waals surface area contributed by atoms with Crippen LogP contribution in [0.3, 0.4) is 0 Å². The number of rotatable bonds is 4. The van der Waals surface area contributed by atoms with Gasteiger partial charge in [0, 0.05) is 17.3 Å². The van der Waals surface area contributed by atoms with E-state index in [-0.39, 0.29) is 25.4 Å². The zero-order chi connectivity index (χ0) is 29.9. The summed E-state index contributed by atoms with van der Waals surface area (Å²) in [6, 6.07) is 17.4. The molecule has 1 spiro atoms. The fourth-order valence-corrected chi connectivity index (χ4v) is 8.35. The number of benzene rings is 2. The van der Waals surface area contributed by atoms with Crippen molar-refractivity contribution in [3.8, 4) is 0 Å². The van der Waals surface area contributed by atoms with E-state index in [9.17, 15) is 19.5 Å². The van der Waals surface area contributed by atoms with E-state index in [4.69, 9.17) is 18.9 Å². The highest BCUT2D eigenvalue weighted by atomic mass is 16.6. The van der Waals surface area contributed by atoms with Crippen molar-refractivity contribution in [3.05, 3.63) is 83.9 Å². The second kappa shape index (κ2) is 10.1. The summed E-state index contributed by atoms with van der Waals surface area (Å²) in [7, 11) is 0. The van der Waals surface area contributed by atoms with E-state index in [1.807, 2.05) is 26.0 Å². The van der Waals surface area contributed by atoms with Crippen LogP contribution >= 0.6 is 0 Å². The third-order valence-corrected chi connectivity index (χ3v) is 10.8. The molecule has 2 aromatic carbocycles. The van der Waals surface area contributed by atoms with Gasteiger partial charge < -0.3 is 24.1 Å². The fraction of sp³-hybridized carbons (Fsp3) is 0.500. The fourth-order valence-electron chi connectivity index (χ4n) is 8.35. The van der Waals surface area contributed by atoms with E-state index >= 15 is 0 Å². The Balaban J connectivity index is 1.47. The molecule has 2 aromatic rings. The Bertz CT molecular complexity index is 1410. The summed E-state index contributed by atoms with van der Waals surface area (Å²) in [6.07, 6.45) is -0.609. The maximum absolute atomic E-state index is 13.5. The summed E-state index contributed by atoms with van der Waals surface area (Å²) < 4.78 is 24.8. The summed E-state index contributed by atoms with van der Waals surface area (Å²) in [5.41, 5.74) is -2.63. The summed E-state index contributed by atoms with van der Waals surface area (Å²) in [4.78, 5) is 39.4. The number of hydrogen-bond acceptors (Lipinski definition) is 8. The first-order chi connectivity index (χ1) is 19.9. The van der Waals surface area contributed by atoms with Crippen LogP contribution in [0.5, 0.6) is 0 Å². The van der Waals surface area contributed by atoms with Crippen molar-refractivity contribution >= 4 is 17.9 Å². The van der Waals surface area contributed by atoms with Crippen LogP contribution in [0.15, 0.2) is 72.8 Å². The minimum atomic E-state index is -1.38. The maximum Gasteiger partial charge on any atom is 0.338 e. The normalized spacial score (nSPS) is 39.1. The van der Waals surface area contributed by atoms with Gasteiger partial charge >= 0.3 is 17.9 Å². The highest BCUT2D eigenvalue weighted by Gasteiger charge is 2.76. The molecular weight excluding hydrogens is 536 g/mol. The van der Waals surface area contributed by atoms with Gasteiger partial charge in [0.05, 0.1) is 17.5 Å². The molecule has 0 bridgehead atoms. The number of aliphatic hydroxyl groups excluding tert-OH is 1. The van der Waals surface area contributed by atoms with E-state index < -0.39 is 58.3 Å². The van der Waals surface area contributed by atoms with Gasteiger partial charge in [-0.05, 0) is 56.4 Å². The lowest BCUT2D eigenvalue weighted by atomic mass is 9.41. The number of carbonyl (C=O) groups is 3. The van der Waals surface area contributed by atoms with E-state index in [1.54, 1.807) is 55.5 Å². The Morgan fingerprint density at radius 1 is 0.952 bits per heavy atom. The Kier molecular flexibility index (Phi) is 6.85. The lowest BCUT2D eigenvalue weighted by Crippen LogP contribution is -2.79. The molecule has 0 radical (unpaired) electrons. The lowest BCUT2D eigenvalue weighted by Gasteiger charge is -2.70. The molecule has 2 aliphatic carbocycles. The molecule has 1 unspecified atom stereocenters. The van der Waals surface area contributed by atoms with Gasteiger partial charge in [-0.15, -0.1) is 0 Å². The molecule has 42 heavy (non-hydrogen) atoms. The number of esters is 3. The summed E-state index contributed by atoms with van der Waals surface area (Å²) in [5, 5.41) is 12.4. The summed E-state index contributed by atoms with van der Waals surface area (Å²) in [5.74, 6) is -1.70. The van der Waals surface area contributed by atoms with Crippen LogP contribution in [0.25, 0.3) is 0 Å². The quantitative estimate of drug-likeness (QED) is 0.307. The molecule has 8 heteroatoms. The van der Waals surface area contributed by atoms with E-state index in [0.717, 1.165) is 18.4 Å². The highest BCUT2D eigenvalue weighted by molar-refractivity contribution is 5.90. The molecule has 4 aliphatic rings. The van der Waals surface area contributed by atoms with Crippen molar-refractivity contribution in [2.45, 2.75) is 82.4 Å². The van der Waals surface area contributed by atoms with Crippen molar-refractivity contribution in [1.29, 1.82) is 0 Å². The first-order valence-corrected chi connectivity index (χ1v) is 14.7. The van der Waals surface area contributed by atoms with Gasteiger partial charge in [-0.3, -0.25) is 4.79 Å². The van der Waals surface area contributed by atoms with Gasteiger partial charge in [-0.1, -0.05) is 62.4 Å². The minimum absolute atomic E-state index is 0.0211. The van der Waals surface area contributed by atoms with Crippen LogP contribution in [0.4, 0.5) is 0 Å². The van der Waals surface area contributed by atoms with Crippen LogP contribution in [-0.4, -0.2) is 59.1 Å². The number of cyclic esters (lactones) is 1. The smallest absolute Gasteiger partial charge is 0.338 e. The minimum Gasteiger partial charge on any atom is -0.462 e. The van der Waals surface area contributed by atoms with E-state index in [2.05, 4.69) is 6.58 Å². The molecule has 8 atom stereocenters. The second-order valence-corrected chi connectivity index (χ2v) is 12.9. The van der Waals surface area contributed by atoms with Crippen molar-refractivity contribution in [2.75, 3.05) is 6.61 Å². The Morgan fingerprint density at radius 3 is 2.12 bits per heavy atom. The van der Waals surface area contributed by atoms with Crippen molar-refractivity contribution in [2.24, 2.45) is 16.7 Å². The lowest BCUT2D eigenvalue weighted by molar-refractivity contribution is -0.362. The van der Waals surface area contributed by atoms with Crippen LogP contribution < -0.4 is 0 Å². The molecule has 0 amide bonds. The van der Waals surface area contributed by atoms with E-state index in [1.165, 1.54) is 0 Å². The number of hydrogen-bond donors (Lipinski definition) is 1. The molecule has 4 fully saturated rings. The zero-order valence-electron chi connectivity index (χ0n) is 24.3. The van der Waals surface area contributed by atoms with Crippen LogP contribution in [0.2, 0.25) is 0 Å². The summed E-state index contributed by atoms with van der Waals surface area (Å²) >= 11 is 0. The molecule has 2 heterocycles. The largest absolute Gasteiger partial charge is 0.462 e. The number of fused-ring (bicyclic) bond motifs is 3. The van der Waals surface area contributed by atoms with Crippen LogP contribution in [-0.2, 0) is 23.7 Å². The van der Waals surface area contributed by atoms with Crippen molar-refractivity contribution < 1.29 is 38.4 Å². The Hall–Kier alpha value is -3.49. The van der Waals surface area contributed by atoms with Crippen LogP contribution in [0.1, 0.15) is 73.6 Å². The number of carbonyl (C=O) groups excluding carboxylic acids is 3. The number of aliphatic hydroxyl groups is 1. The maximum atomic E-state index is 13.5. The zero-order valence-corrected chi connectivity index (χ0v) is 24.3. The van der Waals surface area contributed by atoms with Gasteiger partial charge in [-0.2, -0.15) is 0 Å². The number of ether oxygens (including phenoxy) is 4. The van der Waals surface area contributed by atoms with Gasteiger partial charge in [-0.25, -0.2) is 9.59 Å². The molecule has 6 rings (SSSR count). The Labute approximate surface area is 246 Å². The molecule has 8 nitrogen and oxygen atoms in total. The first kappa shape index (κ1) is 28.6. The Morgan fingerprint density at radius 2 is 1.55 bits per heavy atom. The molecule has 2 saturated heterocycles. The van der Waals surface area contributed by atoms with Gasteiger partial charge in [0.2, 0.25) is 0 Å². The molecule has 0 aromatic heterocycles. The van der Waals surface area contributed by atoms with Crippen LogP contribution in [0, 0.1) is 16.7 Å². The van der Waals surface area contributed by atoms with Gasteiger partial charge in [0.25, 0.3) is 0 Å². The van der Waals surface area contributed by atoms with E-state index in [0.29, 0.717) is 17.5 Å². The third kappa shape index (κ3) is 4.14. The molecule has 2 aliphatic heterocycles. The predicted molar refractivity (Wildman–Crippen MR) is 152 cm³/mol.